The standard InChI is InChI=1S/C25H21N5O/c1-16-5-4-6-17(13-16)14-27-24-25-28-15-22(18-9-11-19(12-10-18)23(26)31)30(25)21-8-3-2-7-20(21)29-24/h2-13,15H,14H2,1H3,(H2,26,31)(H,27,29). The van der Waals surface area contributed by atoms with Gasteiger partial charge in [-0.05, 0) is 36.8 Å². The normalized spacial score (nSPS) is 11.1. The average Bonchev–Trinajstić information content (AvgIpc) is 3.23. The number of rotatable bonds is 5. The largest absolute Gasteiger partial charge is 0.366 e. The predicted molar refractivity (Wildman–Crippen MR) is 123 cm³/mol. The van der Waals surface area contributed by atoms with Gasteiger partial charge in [0.2, 0.25) is 5.91 Å². The molecule has 0 saturated carbocycles. The van der Waals surface area contributed by atoms with Crippen molar-refractivity contribution >= 4 is 28.4 Å². The number of fused-ring (bicyclic) bond motifs is 3. The van der Waals surface area contributed by atoms with Gasteiger partial charge in [-0.3, -0.25) is 9.20 Å². The number of imidazole rings is 1. The molecule has 0 unspecified atom stereocenters. The van der Waals surface area contributed by atoms with Gasteiger partial charge in [-0.15, -0.1) is 0 Å². The molecule has 3 N–H and O–H groups in total. The van der Waals surface area contributed by atoms with Crippen molar-refractivity contribution in [3.05, 3.63) is 95.7 Å². The molecular formula is C25H21N5O. The molecule has 152 valence electrons. The Hall–Kier alpha value is -4.19. The van der Waals surface area contributed by atoms with Crippen molar-refractivity contribution in [2.45, 2.75) is 13.5 Å². The molecule has 2 aromatic heterocycles. The predicted octanol–water partition coefficient (Wildman–Crippen LogP) is 4.57. The minimum atomic E-state index is -0.443. The molecule has 6 heteroatoms. The van der Waals surface area contributed by atoms with E-state index in [4.69, 9.17) is 10.7 Å². The lowest BCUT2D eigenvalue weighted by atomic mass is 10.1. The molecule has 5 aromatic rings. The summed E-state index contributed by atoms with van der Waals surface area (Å²) >= 11 is 0. The van der Waals surface area contributed by atoms with E-state index >= 15 is 0 Å². The van der Waals surface area contributed by atoms with Crippen molar-refractivity contribution in [2.24, 2.45) is 5.73 Å². The topological polar surface area (TPSA) is 85.3 Å². The first-order valence-corrected chi connectivity index (χ1v) is 10.1. The monoisotopic (exact) mass is 407 g/mol. The van der Waals surface area contributed by atoms with Gasteiger partial charge in [-0.2, -0.15) is 0 Å². The summed E-state index contributed by atoms with van der Waals surface area (Å²) in [6.07, 6.45) is 1.83. The number of amides is 1. The van der Waals surface area contributed by atoms with Crippen LogP contribution < -0.4 is 11.1 Å². The van der Waals surface area contributed by atoms with Crippen LogP contribution in [0.1, 0.15) is 21.5 Å². The molecule has 0 aliphatic carbocycles. The number of carbonyl (C=O) groups is 1. The first-order valence-electron chi connectivity index (χ1n) is 10.1. The molecule has 0 saturated heterocycles. The second-order valence-corrected chi connectivity index (χ2v) is 7.54. The number of para-hydroxylation sites is 2. The fourth-order valence-electron chi connectivity index (χ4n) is 3.82. The number of nitrogens with zero attached hydrogens (tertiary/aromatic N) is 3. The van der Waals surface area contributed by atoms with E-state index in [1.165, 1.54) is 11.1 Å². The van der Waals surface area contributed by atoms with Gasteiger partial charge >= 0.3 is 0 Å². The molecule has 0 spiro atoms. The number of aromatic nitrogens is 3. The summed E-state index contributed by atoms with van der Waals surface area (Å²) < 4.78 is 2.10. The van der Waals surface area contributed by atoms with Gasteiger partial charge in [-0.25, -0.2) is 9.97 Å². The second-order valence-electron chi connectivity index (χ2n) is 7.54. The van der Waals surface area contributed by atoms with Crippen LogP contribution in [0.3, 0.4) is 0 Å². The first kappa shape index (κ1) is 18.8. The minimum Gasteiger partial charge on any atom is -0.366 e. The Bertz CT molecular complexity index is 1420. The van der Waals surface area contributed by atoms with E-state index in [1.807, 2.05) is 42.6 Å². The van der Waals surface area contributed by atoms with Gasteiger partial charge in [0.05, 0.1) is 22.9 Å². The van der Waals surface area contributed by atoms with Gasteiger partial charge in [0, 0.05) is 17.7 Å². The molecule has 6 nitrogen and oxygen atoms in total. The average molecular weight is 407 g/mol. The Kier molecular flexibility index (Phi) is 4.59. The summed E-state index contributed by atoms with van der Waals surface area (Å²) in [6, 6.07) is 23.6. The number of nitrogens with one attached hydrogen (secondary N) is 1. The second kappa shape index (κ2) is 7.57. The van der Waals surface area contributed by atoms with E-state index in [0.717, 1.165) is 33.8 Å². The van der Waals surface area contributed by atoms with Crippen LogP contribution in [0.15, 0.2) is 79.0 Å². The van der Waals surface area contributed by atoms with Gasteiger partial charge in [0.1, 0.15) is 0 Å². The van der Waals surface area contributed by atoms with E-state index in [-0.39, 0.29) is 0 Å². The summed E-state index contributed by atoms with van der Waals surface area (Å²) in [4.78, 5) is 20.9. The van der Waals surface area contributed by atoms with Crippen molar-refractivity contribution in [3.63, 3.8) is 0 Å². The summed E-state index contributed by atoms with van der Waals surface area (Å²) in [7, 11) is 0. The highest BCUT2D eigenvalue weighted by molar-refractivity contribution is 5.93. The molecule has 0 aliphatic heterocycles. The summed E-state index contributed by atoms with van der Waals surface area (Å²) in [5, 5.41) is 3.46. The Morgan fingerprint density at radius 2 is 1.84 bits per heavy atom. The summed E-state index contributed by atoms with van der Waals surface area (Å²) in [6.45, 7) is 2.73. The Morgan fingerprint density at radius 1 is 1.03 bits per heavy atom. The van der Waals surface area contributed by atoms with Crippen molar-refractivity contribution in [1.29, 1.82) is 0 Å². The number of nitrogens with two attached hydrogens (primary N) is 1. The van der Waals surface area contributed by atoms with Crippen molar-refractivity contribution < 1.29 is 4.79 Å². The van der Waals surface area contributed by atoms with Crippen LogP contribution in [0.25, 0.3) is 27.9 Å². The van der Waals surface area contributed by atoms with Crippen LogP contribution in [0, 0.1) is 6.92 Å². The zero-order valence-corrected chi connectivity index (χ0v) is 17.0. The van der Waals surface area contributed by atoms with Crippen molar-refractivity contribution in [1.82, 2.24) is 14.4 Å². The molecule has 0 aliphatic rings. The van der Waals surface area contributed by atoms with E-state index in [1.54, 1.807) is 12.1 Å². The molecule has 1 amide bonds. The van der Waals surface area contributed by atoms with E-state index in [0.29, 0.717) is 12.1 Å². The van der Waals surface area contributed by atoms with Gasteiger partial charge in [0.15, 0.2) is 11.5 Å². The lowest BCUT2D eigenvalue weighted by molar-refractivity contribution is 0.100. The third-order valence-corrected chi connectivity index (χ3v) is 5.34. The third kappa shape index (κ3) is 3.48. The molecular weight excluding hydrogens is 386 g/mol. The first-order chi connectivity index (χ1) is 15.1. The van der Waals surface area contributed by atoms with Gasteiger partial charge in [-0.1, -0.05) is 54.1 Å². The smallest absolute Gasteiger partial charge is 0.248 e. The van der Waals surface area contributed by atoms with Crippen LogP contribution in [-0.4, -0.2) is 20.3 Å². The summed E-state index contributed by atoms with van der Waals surface area (Å²) in [5.74, 6) is 0.280. The maximum Gasteiger partial charge on any atom is 0.248 e. The number of benzene rings is 3. The van der Waals surface area contributed by atoms with E-state index in [9.17, 15) is 4.79 Å². The van der Waals surface area contributed by atoms with Gasteiger partial charge < -0.3 is 11.1 Å². The van der Waals surface area contributed by atoms with Crippen LogP contribution in [0.2, 0.25) is 0 Å². The highest BCUT2D eigenvalue weighted by Crippen LogP contribution is 2.29. The maximum atomic E-state index is 11.4. The van der Waals surface area contributed by atoms with Crippen molar-refractivity contribution in [3.8, 4) is 11.3 Å². The fraction of sp³-hybridized carbons (Fsp3) is 0.0800. The van der Waals surface area contributed by atoms with Gasteiger partial charge in [0.25, 0.3) is 0 Å². The molecule has 5 rings (SSSR count). The summed E-state index contributed by atoms with van der Waals surface area (Å²) in [5.41, 5.74) is 12.7. The quantitative estimate of drug-likeness (QED) is 0.447. The van der Waals surface area contributed by atoms with E-state index in [2.05, 4.69) is 45.9 Å². The Morgan fingerprint density at radius 3 is 2.61 bits per heavy atom. The zero-order chi connectivity index (χ0) is 21.4. The molecule has 0 fully saturated rings. The third-order valence-electron chi connectivity index (χ3n) is 5.34. The number of aryl methyl sites for hydroxylation is 1. The maximum absolute atomic E-state index is 11.4. The van der Waals surface area contributed by atoms with Crippen molar-refractivity contribution in [2.75, 3.05) is 5.32 Å². The Labute approximate surface area is 179 Å². The van der Waals surface area contributed by atoms with Crippen LogP contribution >= 0.6 is 0 Å². The molecule has 2 heterocycles. The molecule has 3 aromatic carbocycles. The fourth-order valence-corrected chi connectivity index (χ4v) is 3.82. The number of anilines is 1. The zero-order valence-electron chi connectivity index (χ0n) is 17.0. The van der Waals surface area contributed by atoms with Crippen LogP contribution in [-0.2, 0) is 6.54 Å². The molecule has 0 bridgehead atoms. The highest BCUT2D eigenvalue weighted by atomic mass is 16.1. The molecule has 0 radical (unpaired) electrons. The SMILES string of the molecule is Cc1cccc(CNc2nc3ccccc3n3c(-c4ccc(C(N)=O)cc4)cnc23)c1. The number of primary amides is 1. The lowest BCUT2D eigenvalue weighted by Crippen LogP contribution is -2.10. The highest BCUT2D eigenvalue weighted by Gasteiger charge is 2.15. The van der Waals surface area contributed by atoms with Crippen LogP contribution in [0.5, 0.6) is 0 Å². The molecule has 0 atom stereocenters. The number of carbonyl (C=O) groups excluding carboxylic acids is 1. The van der Waals surface area contributed by atoms with Crippen LogP contribution in [0.4, 0.5) is 5.82 Å². The Balaban J connectivity index is 1.63. The van der Waals surface area contributed by atoms with E-state index < -0.39 is 5.91 Å². The number of hydrogen-bond acceptors (Lipinski definition) is 4. The number of hydrogen-bond donors (Lipinski definition) is 2. The molecule has 31 heavy (non-hydrogen) atoms. The lowest BCUT2D eigenvalue weighted by Gasteiger charge is -2.12. The minimum absolute atomic E-state index is 0.443.